The summed E-state index contributed by atoms with van der Waals surface area (Å²) in [7, 11) is 0. The van der Waals surface area contributed by atoms with Crippen molar-refractivity contribution in [3.8, 4) is 17.6 Å². The number of fused-ring (bicyclic) bond motifs is 2. The quantitative estimate of drug-likeness (QED) is 0.232. The van der Waals surface area contributed by atoms with Crippen LogP contribution >= 0.6 is 11.6 Å². The number of nitrogens with zero attached hydrogens (tertiary/aromatic N) is 6. The van der Waals surface area contributed by atoms with Gasteiger partial charge in [-0.15, -0.1) is 0 Å². The number of aromatic nitrogens is 2. The van der Waals surface area contributed by atoms with Gasteiger partial charge >= 0.3 is 0 Å². The number of rotatable bonds is 12. The molecule has 62 heavy (non-hydrogen) atoms. The Morgan fingerprint density at radius 1 is 0.968 bits per heavy atom. The van der Waals surface area contributed by atoms with Gasteiger partial charge in [-0.2, -0.15) is 5.26 Å². The molecule has 4 heterocycles. The summed E-state index contributed by atoms with van der Waals surface area (Å²) < 4.78 is 12.7. The first-order valence-electron chi connectivity index (χ1n) is 21.5. The second kappa shape index (κ2) is 15.3. The lowest BCUT2D eigenvalue weighted by Gasteiger charge is -2.63. The van der Waals surface area contributed by atoms with Crippen LogP contribution in [0.4, 0.5) is 5.95 Å². The van der Waals surface area contributed by atoms with Crippen LogP contribution in [0.3, 0.4) is 0 Å². The van der Waals surface area contributed by atoms with Crippen molar-refractivity contribution in [2.75, 3.05) is 24.5 Å². The van der Waals surface area contributed by atoms with Crippen LogP contribution in [0.1, 0.15) is 104 Å². The number of amides is 5. The lowest BCUT2D eigenvalue weighted by Crippen LogP contribution is -2.74. The van der Waals surface area contributed by atoms with Crippen molar-refractivity contribution < 1.29 is 33.4 Å². The van der Waals surface area contributed by atoms with Gasteiger partial charge in [0.15, 0.2) is 0 Å². The molecule has 5 amide bonds. The minimum Gasteiger partial charge on any atom is -0.490 e. The average molecular weight is 863 g/mol. The number of piperidine rings is 2. The Morgan fingerprint density at radius 2 is 1.61 bits per heavy atom. The van der Waals surface area contributed by atoms with Gasteiger partial charge in [0.05, 0.1) is 27.3 Å². The zero-order valence-electron chi connectivity index (χ0n) is 35.7. The molecular weight excluding hydrogens is 812 g/mol. The molecule has 3 unspecified atom stereocenters. The molecule has 324 valence electrons. The van der Waals surface area contributed by atoms with E-state index in [1.807, 2.05) is 0 Å². The van der Waals surface area contributed by atoms with E-state index in [9.17, 15) is 29.2 Å². The van der Waals surface area contributed by atoms with Crippen LogP contribution in [0.15, 0.2) is 48.8 Å². The monoisotopic (exact) mass is 862 g/mol. The molecule has 1 aromatic heterocycles. The van der Waals surface area contributed by atoms with Crippen molar-refractivity contribution in [2.45, 2.75) is 104 Å². The van der Waals surface area contributed by atoms with Crippen LogP contribution in [0, 0.1) is 39.9 Å². The van der Waals surface area contributed by atoms with Gasteiger partial charge in [0.2, 0.25) is 17.8 Å². The molecule has 3 aliphatic carbocycles. The maximum absolute atomic E-state index is 13.5. The predicted octanol–water partition coefficient (Wildman–Crippen LogP) is 5.02. The van der Waals surface area contributed by atoms with E-state index >= 15 is 0 Å². The lowest BCUT2D eigenvalue weighted by molar-refractivity contribution is -0.164. The maximum atomic E-state index is 13.5. The van der Waals surface area contributed by atoms with Crippen LogP contribution in [0.5, 0.6) is 11.5 Å². The van der Waals surface area contributed by atoms with Gasteiger partial charge in [-0.25, -0.2) is 9.97 Å². The van der Waals surface area contributed by atoms with Crippen molar-refractivity contribution in [3.05, 3.63) is 76.1 Å². The Bertz CT molecular complexity index is 2380. The zero-order chi connectivity index (χ0) is 44.0. The third-order valence-corrected chi connectivity index (χ3v) is 14.6. The standard InChI is InChI=1S/C46H51ClN8O7/c1-23(2)54(26-13-29(14-26)61-27-9-10-30-31(15-27)41(60)55(40(30)59)36-11-12-37(56)51-39(36)58)22-34-32-20-53(21-33(32)34)44-49-18-25(19-50-44)38(57)52-42-45(3,4)43(46(42,5)6)62-28-8-7-24(17-48)35(47)16-28/h7-10,15-16,18-19,23,26,29,32-34,36,42-43H,11-14,20-22H2,1-6H3,(H,52,57)(H,51,56,58)/t26?,29?,32-,33?,34?,36?,42?,43?/m1/s1. The first-order chi connectivity index (χ1) is 29.5. The number of nitriles is 1. The molecule has 2 saturated heterocycles. The third kappa shape index (κ3) is 7.14. The van der Waals surface area contributed by atoms with Crippen LogP contribution in [0.25, 0.3) is 0 Å². The Kier molecular flexibility index (Phi) is 10.3. The molecule has 3 aromatic rings. The summed E-state index contributed by atoms with van der Waals surface area (Å²) in [5.74, 6) is 1.06. The fourth-order valence-corrected chi connectivity index (χ4v) is 11.4. The number of nitrogens with one attached hydrogen (secondary N) is 2. The SMILES string of the molecule is CC(C)N(CC1C2CN(c3ncc(C(=O)NC4C(C)(C)C(Oc5ccc(C#N)c(Cl)c5)C4(C)C)cn3)C[C@H]21)C1CC(Oc2ccc3c(c2)C(=O)N(C2CCC(=O)NC2=O)C3=O)C1. The molecule has 6 aliphatic rings. The molecule has 16 heteroatoms. The smallest absolute Gasteiger partial charge is 0.262 e. The highest BCUT2D eigenvalue weighted by Crippen LogP contribution is 2.56. The van der Waals surface area contributed by atoms with Crippen molar-refractivity contribution in [1.82, 2.24) is 30.4 Å². The van der Waals surface area contributed by atoms with Crippen molar-refractivity contribution in [3.63, 3.8) is 0 Å². The number of hydrogen-bond donors (Lipinski definition) is 2. The molecule has 0 radical (unpaired) electrons. The fraction of sp³-hybridized carbons (Fsp3) is 0.522. The summed E-state index contributed by atoms with van der Waals surface area (Å²) in [6, 6.07) is 11.5. The lowest BCUT2D eigenvalue weighted by atomic mass is 9.49. The zero-order valence-corrected chi connectivity index (χ0v) is 36.4. The van der Waals surface area contributed by atoms with Crippen molar-refractivity contribution in [2.24, 2.45) is 28.6 Å². The number of imide groups is 2. The van der Waals surface area contributed by atoms with Gasteiger partial charge < -0.3 is 19.7 Å². The molecule has 5 fully saturated rings. The molecule has 9 rings (SSSR count). The van der Waals surface area contributed by atoms with Crippen molar-refractivity contribution >= 4 is 47.1 Å². The number of ether oxygens (including phenoxy) is 2. The van der Waals surface area contributed by atoms with E-state index in [2.05, 4.69) is 78.0 Å². The summed E-state index contributed by atoms with van der Waals surface area (Å²) in [4.78, 5) is 79.0. The number of halogens is 1. The highest BCUT2D eigenvalue weighted by molar-refractivity contribution is 6.31. The Balaban J connectivity index is 0.739. The number of anilines is 1. The van der Waals surface area contributed by atoms with Crippen LogP contribution in [0.2, 0.25) is 5.02 Å². The van der Waals surface area contributed by atoms with Gasteiger partial charge in [0.25, 0.3) is 17.7 Å². The summed E-state index contributed by atoms with van der Waals surface area (Å²) >= 11 is 6.25. The minimum absolute atomic E-state index is 0.0214. The molecule has 2 N–H and O–H groups in total. The van der Waals surface area contributed by atoms with Gasteiger partial charge in [0, 0.05) is 86.3 Å². The van der Waals surface area contributed by atoms with E-state index in [0.29, 0.717) is 63.4 Å². The van der Waals surface area contributed by atoms with E-state index < -0.39 is 40.5 Å². The van der Waals surface area contributed by atoms with Gasteiger partial charge in [0.1, 0.15) is 35.8 Å². The Hall–Kier alpha value is -5.59. The number of carbonyl (C=O) groups is 5. The Morgan fingerprint density at radius 3 is 2.24 bits per heavy atom. The van der Waals surface area contributed by atoms with Crippen molar-refractivity contribution in [1.29, 1.82) is 5.26 Å². The highest BCUT2D eigenvalue weighted by Gasteiger charge is 2.64. The van der Waals surface area contributed by atoms with Gasteiger partial charge in [-0.05, 0) is 68.4 Å². The normalized spacial score (nSPS) is 29.0. The van der Waals surface area contributed by atoms with Crippen LogP contribution in [-0.2, 0) is 9.59 Å². The van der Waals surface area contributed by atoms with E-state index in [4.69, 9.17) is 21.1 Å². The first kappa shape index (κ1) is 41.7. The molecule has 0 bridgehead atoms. The largest absolute Gasteiger partial charge is 0.490 e. The second-order valence-corrected chi connectivity index (χ2v) is 19.7. The van der Waals surface area contributed by atoms with Crippen LogP contribution < -0.4 is 25.0 Å². The number of hydrogen-bond acceptors (Lipinski definition) is 12. The fourth-order valence-electron chi connectivity index (χ4n) is 11.1. The Labute approximate surface area is 365 Å². The molecular formula is C46H51ClN8O7. The summed E-state index contributed by atoms with van der Waals surface area (Å²) in [6.45, 7) is 15.5. The average Bonchev–Trinajstić information content (AvgIpc) is 3.52. The predicted molar refractivity (Wildman–Crippen MR) is 227 cm³/mol. The molecule has 2 aromatic carbocycles. The highest BCUT2D eigenvalue weighted by atomic mass is 35.5. The van der Waals surface area contributed by atoms with Gasteiger partial charge in [-0.3, -0.25) is 39.1 Å². The van der Waals surface area contributed by atoms with Gasteiger partial charge in [-0.1, -0.05) is 39.3 Å². The molecule has 4 atom stereocenters. The topological polar surface area (TPSA) is 187 Å². The number of carbonyl (C=O) groups excluding carboxylic acids is 5. The van der Waals surface area contributed by atoms with Crippen LogP contribution in [-0.4, -0.2) is 105 Å². The number of benzene rings is 2. The first-order valence-corrected chi connectivity index (χ1v) is 21.9. The summed E-state index contributed by atoms with van der Waals surface area (Å²) in [6.07, 6.45) is 4.86. The minimum atomic E-state index is -1.01. The maximum Gasteiger partial charge on any atom is 0.262 e. The molecule has 3 saturated carbocycles. The van der Waals surface area contributed by atoms with E-state index in [1.165, 1.54) is 0 Å². The van der Waals surface area contributed by atoms with E-state index in [0.717, 1.165) is 37.4 Å². The second-order valence-electron chi connectivity index (χ2n) is 19.3. The summed E-state index contributed by atoms with van der Waals surface area (Å²) in [5.41, 5.74) is 0.445. The molecule has 0 spiro atoms. The molecule has 3 aliphatic heterocycles. The third-order valence-electron chi connectivity index (χ3n) is 14.3. The van der Waals surface area contributed by atoms with E-state index in [-0.39, 0.29) is 48.1 Å². The molecule has 15 nitrogen and oxygen atoms in total. The summed E-state index contributed by atoms with van der Waals surface area (Å²) in [5, 5.41) is 15.0. The van der Waals surface area contributed by atoms with E-state index in [1.54, 1.807) is 48.8 Å².